The van der Waals surface area contributed by atoms with Crippen LogP contribution in [0.1, 0.15) is 40.0 Å². The van der Waals surface area contributed by atoms with Gasteiger partial charge in [-0.3, -0.25) is 6.08 Å². The number of methoxy groups -OCH3 is 1. The molecule has 1 nitrogen and oxygen atoms in total. The van der Waals surface area contributed by atoms with Crippen LogP contribution in [0.3, 0.4) is 0 Å². The molecule has 0 saturated heterocycles. The molecule has 0 aliphatic heterocycles. The molecule has 0 amide bonds. The first kappa shape index (κ1) is 23.5. The van der Waals surface area contributed by atoms with E-state index >= 15 is 0 Å². The third-order valence-electron chi connectivity index (χ3n) is 3.78. The van der Waals surface area contributed by atoms with Gasteiger partial charge >= 0.3 is 21.7 Å². The van der Waals surface area contributed by atoms with Gasteiger partial charge in [0, 0.05) is 7.11 Å². The van der Waals surface area contributed by atoms with Crippen LogP contribution in [0.15, 0.2) is 41.5 Å². The molecule has 0 aromatic rings. The van der Waals surface area contributed by atoms with Crippen LogP contribution >= 0.6 is 0 Å². The number of halogens is 2. The van der Waals surface area contributed by atoms with Crippen LogP contribution in [-0.4, -0.2) is 12.7 Å². The molecule has 0 heterocycles. The largest absolute Gasteiger partial charge is 3.00 e. The predicted molar refractivity (Wildman–Crippen MR) is 76.2 cm³/mol. The topological polar surface area (TPSA) is 9.23 Å². The third kappa shape index (κ3) is 5.41. The summed E-state index contributed by atoms with van der Waals surface area (Å²) in [6.45, 7) is 6.77. The summed E-state index contributed by atoms with van der Waals surface area (Å²) in [6, 6.07) is 0. The fraction of sp³-hybridized carbons (Fsp3) is 0.529. The second kappa shape index (κ2) is 9.37. The van der Waals surface area contributed by atoms with Crippen LogP contribution in [0.25, 0.3) is 0 Å². The third-order valence-corrected chi connectivity index (χ3v) is 3.78. The first-order valence-electron chi connectivity index (χ1n) is 6.67. The second-order valence-electron chi connectivity index (χ2n) is 6.15. The van der Waals surface area contributed by atoms with Gasteiger partial charge in [-0.25, -0.2) is 11.6 Å². The van der Waals surface area contributed by atoms with Gasteiger partial charge in [0.1, 0.15) is 0 Å². The zero-order valence-electron chi connectivity index (χ0n) is 13.2. The van der Waals surface area contributed by atoms with Gasteiger partial charge in [0.05, 0.1) is 5.60 Å². The van der Waals surface area contributed by atoms with Crippen LogP contribution in [0.2, 0.25) is 0 Å². The Kier molecular flexibility index (Phi) is 10.5. The Labute approximate surface area is 156 Å². The molecule has 2 aliphatic rings. The minimum Gasteiger partial charge on any atom is -1.00 e. The van der Waals surface area contributed by atoms with E-state index in [0.717, 1.165) is 19.3 Å². The van der Waals surface area contributed by atoms with Crippen molar-refractivity contribution >= 4 is 0 Å². The Balaban J connectivity index is 0. The minimum atomic E-state index is -0.190. The fourth-order valence-corrected chi connectivity index (χ4v) is 2.93. The minimum absolute atomic E-state index is 0. The summed E-state index contributed by atoms with van der Waals surface area (Å²) in [7, 11) is 1.83. The molecule has 2 aliphatic carbocycles. The Morgan fingerprint density at radius 2 is 1.90 bits per heavy atom. The molecule has 1 atom stereocenters. The molecule has 0 saturated carbocycles. The fourth-order valence-electron chi connectivity index (χ4n) is 2.93. The maximum atomic E-state index is 5.97. The van der Waals surface area contributed by atoms with Gasteiger partial charge < -0.3 is 29.6 Å². The number of hydrogen-bond acceptors (Lipinski definition) is 1. The van der Waals surface area contributed by atoms with E-state index in [1.807, 2.05) is 7.11 Å². The van der Waals surface area contributed by atoms with Crippen molar-refractivity contribution in [2.45, 2.75) is 45.6 Å². The molecule has 4 heteroatoms. The molecule has 115 valence electrons. The summed E-state index contributed by atoms with van der Waals surface area (Å²) >= 11 is 0. The molecule has 0 bridgehead atoms. The molecule has 2 rings (SSSR count). The zero-order valence-corrected chi connectivity index (χ0v) is 16.2. The number of ether oxygens (including phenoxy) is 1. The van der Waals surface area contributed by atoms with Crippen molar-refractivity contribution in [1.82, 2.24) is 0 Å². The summed E-state index contributed by atoms with van der Waals surface area (Å²) in [5, 5.41) is 0. The van der Waals surface area contributed by atoms with E-state index in [1.165, 1.54) is 11.1 Å². The molecule has 0 spiro atoms. The van der Waals surface area contributed by atoms with Crippen LogP contribution in [0.4, 0.5) is 0 Å². The van der Waals surface area contributed by atoms with Crippen LogP contribution in [0.5, 0.6) is 0 Å². The van der Waals surface area contributed by atoms with Gasteiger partial charge in [-0.05, 0) is 23.8 Å². The Hall–Kier alpha value is 0.214. The average Bonchev–Trinajstić information content (AvgIpc) is 2.81. The maximum Gasteiger partial charge on any atom is 3.00 e. The number of rotatable bonds is 3. The van der Waals surface area contributed by atoms with Crippen molar-refractivity contribution in [3.05, 3.63) is 47.6 Å². The first-order valence-corrected chi connectivity index (χ1v) is 6.67. The SMILES string of the molecule is COC1(CC2=[C-]CC=C2)CC=CC=C1C(C)(C)C.[Cl-].[Cl-].[Ti+3]. The Morgan fingerprint density at radius 3 is 2.38 bits per heavy atom. The van der Waals surface area contributed by atoms with Gasteiger partial charge in [-0.1, -0.05) is 39.0 Å². The summed E-state index contributed by atoms with van der Waals surface area (Å²) < 4.78 is 5.97. The quantitative estimate of drug-likeness (QED) is 0.434. The number of hydrogen-bond donors (Lipinski definition) is 0. The summed E-state index contributed by atoms with van der Waals surface area (Å²) in [6.07, 6.45) is 17.2. The molecular weight excluding hydrogens is 339 g/mol. The van der Waals surface area contributed by atoms with E-state index in [2.05, 4.69) is 57.2 Å². The van der Waals surface area contributed by atoms with Gasteiger partial charge in [0.25, 0.3) is 0 Å². The van der Waals surface area contributed by atoms with Crippen molar-refractivity contribution < 1.29 is 51.3 Å². The van der Waals surface area contributed by atoms with Gasteiger partial charge in [-0.15, -0.1) is 6.42 Å². The molecule has 21 heavy (non-hydrogen) atoms. The zero-order chi connectivity index (χ0) is 13.2. The van der Waals surface area contributed by atoms with E-state index in [4.69, 9.17) is 4.74 Å². The Morgan fingerprint density at radius 1 is 1.24 bits per heavy atom. The van der Waals surface area contributed by atoms with Gasteiger partial charge in [0.2, 0.25) is 0 Å². The van der Waals surface area contributed by atoms with Crippen LogP contribution in [0, 0.1) is 11.5 Å². The molecule has 0 aromatic heterocycles. The predicted octanol–water partition coefficient (Wildman–Crippen LogP) is -1.61. The average molecular weight is 362 g/mol. The van der Waals surface area contributed by atoms with E-state index in [9.17, 15) is 0 Å². The van der Waals surface area contributed by atoms with Crippen molar-refractivity contribution in [1.29, 1.82) is 0 Å². The van der Waals surface area contributed by atoms with Crippen molar-refractivity contribution in [2.75, 3.05) is 7.11 Å². The second-order valence-corrected chi connectivity index (χ2v) is 6.15. The van der Waals surface area contributed by atoms with E-state index in [0.29, 0.717) is 0 Å². The van der Waals surface area contributed by atoms with E-state index in [1.54, 1.807) is 0 Å². The van der Waals surface area contributed by atoms with Crippen LogP contribution < -0.4 is 24.8 Å². The van der Waals surface area contributed by atoms with Crippen molar-refractivity contribution in [3.63, 3.8) is 0 Å². The Bertz CT molecular complexity index is 444. The van der Waals surface area contributed by atoms with Crippen molar-refractivity contribution in [2.24, 2.45) is 5.41 Å². The summed E-state index contributed by atoms with van der Waals surface area (Å²) in [4.78, 5) is 0. The smallest absolute Gasteiger partial charge is 1.00 e. The molecule has 1 unspecified atom stereocenters. The van der Waals surface area contributed by atoms with Gasteiger partial charge in [0.15, 0.2) is 0 Å². The molecule has 1 radical (unpaired) electrons. The molecule has 0 N–H and O–H groups in total. The monoisotopic (exact) mass is 361 g/mol. The van der Waals surface area contributed by atoms with E-state index in [-0.39, 0.29) is 57.5 Å². The maximum absolute atomic E-state index is 5.97. The van der Waals surface area contributed by atoms with Crippen molar-refractivity contribution in [3.8, 4) is 0 Å². The molecule has 0 aromatic carbocycles. The molecular formula is C17H23Cl2OTi. The normalized spacial score (nSPS) is 23.4. The number of allylic oxidation sites excluding steroid dienone is 5. The summed E-state index contributed by atoms with van der Waals surface area (Å²) in [5.41, 5.74) is 2.60. The first-order chi connectivity index (χ1) is 8.48. The van der Waals surface area contributed by atoms with Crippen LogP contribution in [-0.2, 0) is 26.5 Å². The van der Waals surface area contributed by atoms with E-state index < -0.39 is 0 Å². The molecule has 0 fully saturated rings. The summed E-state index contributed by atoms with van der Waals surface area (Å²) in [5.74, 6) is 0. The van der Waals surface area contributed by atoms with Gasteiger partial charge in [-0.2, -0.15) is 6.08 Å². The standard InChI is InChI=1S/C17H23O.2ClH.Ti/c1-16(2,3)15-11-7-8-12-17(15,18-4)13-14-9-5-6-10-14;;;/h5,7-9,11H,6,12-13H2,1-4H3;2*1H;/q-1;;;+3/p-2.